The molecule has 0 aliphatic carbocycles. The summed E-state index contributed by atoms with van der Waals surface area (Å²) >= 11 is 0. The third kappa shape index (κ3) is 14.8. The van der Waals surface area contributed by atoms with Crippen molar-refractivity contribution in [3.05, 3.63) is 12.2 Å². The van der Waals surface area contributed by atoms with Crippen molar-refractivity contribution in [2.75, 3.05) is 26.4 Å². The second kappa shape index (κ2) is 27.9. The van der Waals surface area contributed by atoms with Crippen LogP contribution in [0.5, 0.6) is 0 Å². The number of aliphatic hydroxyl groups is 13. The van der Waals surface area contributed by atoms with Crippen LogP contribution in [0.2, 0.25) is 0 Å². The average molecular weight is 1020 g/mol. The van der Waals surface area contributed by atoms with E-state index in [4.69, 9.17) is 42.6 Å². The van der Waals surface area contributed by atoms with Gasteiger partial charge in [-0.3, -0.25) is 4.79 Å². The molecule has 5 rings (SSSR count). The molecule has 5 aliphatic heterocycles. The van der Waals surface area contributed by atoms with Crippen molar-refractivity contribution in [1.29, 1.82) is 0 Å². The summed E-state index contributed by atoms with van der Waals surface area (Å²) in [5.74, 6) is -2.74. The van der Waals surface area contributed by atoms with E-state index >= 15 is 0 Å². The minimum Gasteiger partial charge on any atom is -0.481 e. The zero-order valence-electron chi connectivity index (χ0n) is 39.3. The van der Waals surface area contributed by atoms with Gasteiger partial charge in [0.05, 0.1) is 32.5 Å². The molecule has 0 aromatic rings. The van der Waals surface area contributed by atoms with Crippen LogP contribution >= 0.6 is 0 Å². The molecule has 25 heteroatoms. The number of carboxylic acid groups (broad SMARTS) is 1. The molecule has 0 unspecified atom stereocenters. The first-order valence-electron chi connectivity index (χ1n) is 24.3. The second-order valence-electron chi connectivity index (χ2n) is 18.9. The average Bonchev–Trinajstić information content (AvgIpc) is 3.63. The molecule has 0 amide bonds. The van der Waals surface area contributed by atoms with Crippen molar-refractivity contribution in [3.8, 4) is 0 Å². The molecule has 406 valence electrons. The van der Waals surface area contributed by atoms with Crippen LogP contribution in [0.4, 0.5) is 0 Å². The Hall–Kier alpha value is -2.16. The number of hydrogen-bond donors (Lipinski definition) is 14. The Morgan fingerprint density at radius 3 is 1.46 bits per heavy atom. The number of unbranched alkanes of at least 4 members (excludes halogenated alkanes) is 10. The summed E-state index contributed by atoms with van der Waals surface area (Å²) in [5.41, 5.74) is -0.00796. The van der Waals surface area contributed by atoms with Gasteiger partial charge >= 0.3 is 11.9 Å². The number of carboxylic acids is 1. The van der Waals surface area contributed by atoms with Crippen LogP contribution in [0.1, 0.15) is 90.4 Å². The van der Waals surface area contributed by atoms with E-state index in [1.165, 1.54) is 0 Å². The molecule has 5 saturated heterocycles. The third-order valence-corrected chi connectivity index (χ3v) is 13.7. The third-order valence-electron chi connectivity index (χ3n) is 13.7. The maximum absolute atomic E-state index is 11.7. The SMILES string of the molecule is C=C1C(=O)O[C@@H](CCCCCCCCCCCCC[C@H](C)O[C@@H]2O[C@H](CO)[C@@H](O)[C@H](O[C@@H]3O[C@H](CO)[C@@H](O)[C@H](O)[C@H]3O)[C@H]2O[C@@H]2O[C@H](CO[C@@H]3O[C@H](CO)[C@@H](O)[C@H](O)[C@H]3O)[C@@H](O)[C@H](O)[C@H]2O)[C@@H]1C(=O)O. The van der Waals surface area contributed by atoms with E-state index in [0.717, 1.165) is 64.2 Å². The highest BCUT2D eigenvalue weighted by Gasteiger charge is 2.55. The Kier molecular flexibility index (Phi) is 23.4. The lowest BCUT2D eigenvalue weighted by molar-refractivity contribution is -0.396. The maximum atomic E-state index is 11.7. The minimum atomic E-state index is -2.02. The van der Waals surface area contributed by atoms with Gasteiger partial charge in [-0.15, -0.1) is 0 Å². The fourth-order valence-corrected chi connectivity index (χ4v) is 9.33. The molecule has 5 heterocycles. The lowest BCUT2D eigenvalue weighted by Crippen LogP contribution is -2.67. The molecule has 70 heavy (non-hydrogen) atoms. The smallest absolute Gasteiger partial charge is 0.334 e. The van der Waals surface area contributed by atoms with Gasteiger partial charge in [-0.1, -0.05) is 70.8 Å². The number of carbonyl (C=O) groups is 2. The van der Waals surface area contributed by atoms with Gasteiger partial charge in [0, 0.05) is 5.57 Å². The van der Waals surface area contributed by atoms with E-state index in [2.05, 4.69) is 6.58 Å². The van der Waals surface area contributed by atoms with Crippen molar-refractivity contribution < 1.29 is 124 Å². The highest BCUT2D eigenvalue weighted by Crippen LogP contribution is 2.36. The van der Waals surface area contributed by atoms with Crippen molar-refractivity contribution in [2.45, 2.75) is 225 Å². The fourth-order valence-electron chi connectivity index (χ4n) is 9.33. The van der Waals surface area contributed by atoms with Gasteiger partial charge in [0.15, 0.2) is 25.2 Å². The van der Waals surface area contributed by atoms with Gasteiger partial charge in [-0.05, 0) is 26.2 Å². The second-order valence-corrected chi connectivity index (χ2v) is 18.9. The molecule has 25 nitrogen and oxygen atoms in total. The molecule has 0 bridgehead atoms. The number of carbonyl (C=O) groups excluding carboxylic acids is 1. The Morgan fingerprint density at radius 1 is 0.529 bits per heavy atom. The Bertz CT molecular complexity index is 1590. The molecule has 0 spiro atoms. The van der Waals surface area contributed by atoms with E-state index in [0.29, 0.717) is 19.3 Å². The predicted molar refractivity (Wildman–Crippen MR) is 232 cm³/mol. The van der Waals surface area contributed by atoms with Gasteiger partial charge in [-0.25, -0.2) is 4.79 Å². The van der Waals surface area contributed by atoms with Crippen LogP contribution in [0.15, 0.2) is 12.2 Å². The van der Waals surface area contributed by atoms with E-state index in [9.17, 15) is 81.1 Å². The number of esters is 1. The number of hydrogen-bond acceptors (Lipinski definition) is 24. The first kappa shape index (κ1) is 58.7. The maximum Gasteiger partial charge on any atom is 0.334 e. The Balaban J connectivity index is 1.16. The van der Waals surface area contributed by atoms with Gasteiger partial charge in [0.1, 0.15) is 110 Å². The van der Waals surface area contributed by atoms with Crippen LogP contribution in [-0.2, 0) is 52.2 Å². The first-order chi connectivity index (χ1) is 33.3. The van der Waals surface area contributed by atoms with Gasteiger partial charge in [0.25, 0.3) is 0 Å². The normalized spacial score (nSPS) is 41.9. The molecule has 23 atom stereocenters. The number of cyclic esters (lactones) is 1. The van der Waals surface area contributed by atoms with Gasteiger partial charge in [0.2, 0.25) is 0 Å². The number of aliphatic carboxylic acids is 1. The summed E-state index contributed by atoms with van der Waals surface area (Å²) in [6.45, 7) is 2.19. The van der Waals surface area contributed by atoms with Crippen molar-refractivity contribution in [2.24, 2.45) is 5.92 Å². The molecule has 0 aromatic carbocycles. The molecule has 14 N–H and O–H groups in total. The van der Waals surface area contributed by atoms with Gasteiger partial charge < -0.3 is 114 Å². The standard InChI is InChI=1S/C45H76O25/c1-20(14-12-10-8-6-4-3-5-7-9-11-13-15-22-27(40(59)60)21(2)41(61)64-22)63-45-39(38(31(52)25(18-48)67-45)69-43-36(57)33(54)29(50)24(17-47)66-43)70-44-37(58)34(55)30(51)26(68-44)19-62-42-35(56)32(53)28(49)23(16-46)65-42/h20,22-39,42-58H,2-19H2,1H3,(H,59,60)/t20-,22-,23+,24+,25+,26+,27+,28+,29+,30+,31+,32-,33-,34-,35+,36+,37+,38-,39+,42+,43-,44-,45+/m0/s1. The summed E-state index contributed by atoms with van der Waals surface area (Å²) in [4.78, 5) is 23.2. The summed E-state index contributed by atoms with van der Waals surface area (Å²) in [5, 5.41) is 146. The van der Waals surface area contributed by atoms with Crippen molar-refractivity contribution in [3.63, 3.8) is 0 Å². The Morgan fingerprint density at radius 2 is 0.943 bits per heavy atom. The zero-order chi connectivity index (χ0) is 51.4. The number of rotatable bonds is 27. The molecular formula is C45H76O25. The molecule has 5 fully saturated rings. The molecule has 0 aromatic heterocycles. The van der Waals surface area contributed by atoms with E-state index in [1.54, 1.807) is 6.92 Å². The quantitative estimate of drug-likeness (QED) is 0.0211. The van der Waals surface area contributed by atoms with Crippen molar-refractivity contribution in [1.82, 2.24) is 0 Å². The van der Waals surface area contributed by atoms with Crippen molar-refractivity contribution >= 4 is 11.9 Å². The van der Waals surface area contributed by atoms with Crippen LogP contribution in [0.3, 0.4) is 0 Å². The largest absolute Gasteiger partial charge is 0.481 e. The molecule has 0 saturated carbocycles. The summed E-state index contributed by atoms with van der Waals surface area (Å²) < 4.78 is 51.8. The van der Waals surface area contributed by atoms with Crippen LogP contribution in [-0.4, -0.2) is 245 Å². The lowest BCUT2D eigenvalue weighted by atomic mass is 9.93. The topological polar surface area (TPSA) is 400 Å². The highest BCUT2D eigenvalue weighted by atomic mass is 16.8. The van der Waals surface area contributed by atoms with E-state index in [-0.39, 0.29) is 5.57 Å². The minimum absolute atomic E-state index is 0.00796. The molecule has 5 aliphatic rings. The van der Waals surface area contributed by atoms with Crippen LogP contribution < -0.4 is 0 Å². The monoisotopic (exact) mass is 1020 g/mol. The summed E-state index contributed by atoms with van der Waals surface area (Å²) in [6, 6.07) is 0. The fraction of sp³-hybridized carbons (Fsp3) is 0.911. The van der Waals surface area contributed by atoms with E-state index < -0.39 is 179 Å². The molecular weight excluding hydrogens is 940 g/mol. The zero-order valence-corrected chi connectivity index (χ0v) is 39.3. The lowest BCUT2D eigenvalue weighted by Gasteiger charge is -2.49. The highest BCUT2D eigenvalue weighted by molar-refractivity contribution is 5.97. The summed E-state index contributed by atoms with van der Waals surface area (Å²) in [7, 11) is 0. The first-order valence-corrected chi connectivity index (χ1v) is 24.3. The number of ether oxygens (including phenoxy) is 9. The van der Waals surface area contributed by atoms with Gasteiger partial charge in [-0.2, -0.15) is 0 Å². The Labute approximate surface area is 405 Å². The van der Waals surface area contributed by atoms with Crippen LogP contribution in [0, 0.1) is 5.92 Å². The molecule has 0 radical (unpaired) electrons. The summed E-state index contributed by atoms with van der Waals surface area (Å²) in [6.07, 6.45) is -24.9. The van der Waals surface area contributed by atoms with Crippen LogP contribution in [0.25, 0.3) is 0 Å². The predicted octanol–water partition coefficient (Wildman–Crippen LogP) is -4.08. The number of aliphatic hydroxyl groups excluding tert-OH is 13. The van der Waals surface area contributed by atoms with E-state index in [1.807, 2.05) is 0 Å².